The summed E-state index contributed by atoms with van der Waals surface area (Å²) in [4.78, 5) is 0. The van der Waals surface area contributed by atoms with E-state index in [1.54, 1.807) is 0 Å². The van der Waals surface area contributed by atoms with E-state index in [2.05, 4.69) is 34.6 Å². The van der Waals surface area contributed by atoms with E-state index in [1.807, 2.05) is 0 Å². The molecule has 0 heteroatoms. The molecule has 98 valence electrons. The molecule has 0 aliphatic heterocycles. The maximum absolute atomic E-state index is 2.48. The van der Waals surface area contributed by atoms with Crippen molar-refractivity contribution in [2.75, 3.05) is 0 Å². The number of hydrogen-bond donors (Lipinski definition) is 0. The van der Waals surface area contributed by atoms with Crippen LogP contribution in [0.4, 0.5) is 0 Å². The van der Waals surface area contributed by atoms with Gasteiger partial charge in [-0.2, -0.15) is 0 Å². The van der Waals surface area contributed by atoms with Gasteiger partial charge in [0.1, 0.15) is 0 Å². The van der Waals surface area contributed by atoms with Crippen molar-refractivity contribution in [3.63, 3.8) is 0 Å². The van der Waals surface area contributed by atoms with Gasteiger partial charge in [-0.25, -0.2) is 0 Å². The zero-order chi connectivity index (χ0) is 12.4. The molecule has 3 unspecified atom stereocenters. The predicted octanol–water partition coefficient (Wildman–Crippen LogP) is 6.06. The van der Waals surface area contributed by atoms with E-state index in [4.69, 9.17) is 0 Å². The minimum absolute atomic E-state index is 0.934. The van der Waals surface area contributed by atoms with E-state index in [-0.39, 0.29) is 0 Å². The minimum Gasteiger partial charge on any atom is -0.0654 e. The van der Waals surface area contributed by atoms with Crippen LogP contribution in [-0.2, 0) is 0 Å². The van der Waals surface area contributed by atoms with E-state index in [0.717, 1.165) is 17.8 Å². The second kappa shape index (κ2) is 10.2. The Bertz CT molecular complexity index is 139. The van der Waals surface area contributed by atoms with Crippen LogP contribution in [0.15, 0.2) is 0 Å². The SMILES string of the molecule is CCCCC(CCC)C(CC)C(C)CCC. The molecular formula is C16H34. The fraction of sp³-hybridized carbons (Fsp3) is 1.00. The third-order valence-corrected chi connectivity index (χ3v) is 4.14. The third-order valence-electron chi connectivity index (χ3n) is 4.14. The molecule has 16 heavy (non-hydrogen) atoms. The van der Waals surface area contributed by atoms with Crippen molar-refractivity contribution in [2.45, 2.75) is 86.0 Å². The average Bonchev–Trinajstić information content (AvgIpc) is 2.27. The van der Waals surface area contributed by atoms with E-state index < -0.39 is 0 Å². The Morgan fingerprint density at radius 2 is 1.38 bits per heavy atom. The fourth-order valence-electron chi connectivity index (χ4n) is 3.28. The molecule has 0 aromatic carbocycles. The largest absolute Gasteiger partial charge is 0.0654 e. The first-order valence-corrected chi connectivity index (χ1v) is 7.71. The lowest BCUT2D eigenvalue weighted by molar-refractivity contribution is 0.194. The third kappa shape index (κ3) is 5.92. The molecule has 3 atom stereocenters. The van der Waals surface area contributed by atoms with Gasteiger partial charge in [-0.05, 0) is 17.8 Å². The molecule has 0 saturated carbocycles. The van der Waals surface area contributed by atoms with Gasteiger partial charge in [-0.15, -0.1) is 0 Å². The Labute approximate surface area is 104 Å². The minimum atomic E-state index is 0.934. The Kier molecular flexibility index (Phi) is 10.2. The highest BCUT2D eigenvalue weighted by Gasteiger charge is 2.23. The highest BCUT2D eigenvalue weighted by molar-refractivity contribution is 4.74. The topological polar surface area (TPSA) is 0 Å². The summed E-state index contributed by atoms with van der Waals surface area (Å²) in [7, 11) is 0. The second-order valence-electron chi connectivity index (χ2n) is 5.53. The number of hydrogen-bond acceptors (Lipinski definition) is 0. The molecule has 0 aromatic rings. The van der Waals surface area contributed by atoms with Gasteiger partial charge in [-0.1, -0.05) is 86.0 Å². The molecule has 0 nitrogen and oxygen atoms in total. The molecule has 0 heterocycles. The Hall–Kier alpha value is 0. The van der Waals surface area contributed by atoms with E-state index >= 15 is 0 Å². The van der Waals surface area contributed by atoms with Gasteiger partial charge in [0.2, 0.25) is 0 Å². The second-order valence-corrected chi connectivity index (χ2v) is 5.53. The Morgan fingerprint density at radius 1 is 0.750 bits per heavy atom. The normalized spacial score (nSPS) is 17.1. The van der Waals surface area contributed by atoms with Crippen LogP contribution in [0.5, 0.6) is 0 Å². The van der Waals surface area contributed by atoms with Crippen LogP contribution >= 0.6 is 0 Å². The lowest BCUT2D eigenvalue weighted by Gasteiger charge is -2.31. The van der Waals surface area contributed by atoms with Crippen molar-refractivity contribution in [1.82, 2.24) is 0 Å². The van der Waals surface area contributed by atoms with Gasteiger partial charge in [0.25, 0.3) is 0 Å². The van der Waals surface area contributed by atoms with E-state index in [9.17, 15) is 0 Å². The van der Waals surface area contributed by atoms with Crippen molar-refractivity contribution in [3.05, 3.63) is 0 Å². The molecule has 0 aromatic heterocycles. The summed E-state index contributed by atoms with van der Waals surface area (Å²) in [5, 5.41) is 0. The first kappa shape index (κ1) is 16.0. The molecule has 0 spiro atoms. The average molecular weight is 226 g/mol. The summed E-state index contributed by atoms with van der Waals surface area (Å²) in [6, 6.07) is 0. The molecule has 0 N–H and O–H groups in total. The van der Waals surface area contributed by atoms with Crippen LogP contribution in [0.25, 0.3) is 0 Å². The molecule has 0 amide bonds. The first-order chi connectivity index (χ1) is 7.71. The van der Waals surface area contributed by atoms with Gasteiger partial charge in [0, 0.05) is 0 Å². The quantitative estimate of drug-likeness (QED) is 0.425. The van der Waals surface area contributed by atoms with Crippen molar-refractivity contribution in [1.29, 1.82) is 0 Å². The Balaban J connectivity index is 4.30. The van der Waals surface area contributed by atoms with E-state index in [1.165, 1.54) is 51.4 Å². The van der Waals surface area contributed by atoms with Crippen molar-refractivity contribution in [2.24, 2.45) is 17.8 Å². The maximum Gasteiger partial charge on any atom is -0.0363 e. The van der Waals surface area contributed by atoms with Crippen molar-refractivity contribution in [3.8, 4) is 0 Å². The Morgan fingerprint density at radius 3 is 1.81 bits per heavy atom. The van der Waals surface area contributed by atoms with Crippen LogP contribution in [0.3, 0.4) is 0 Å². The lowest BCUT2D eigenvalue weighted by atomic mass is 9.75. The van der Waals surface area contributed by atoms with Gasteiger partial charge >= 0.3 is 0 Å². The van der Waals surface area contributed by atoms with Gasteiger partial charge in [0.15, 0.2) is 0 Å². The molecule has 0 rings (SSSR count). The highest BCUT2D eigenvalue weighted by Crippen LogP contribution is 2.34. The van der Waals surface area contributed by atoms with Gasteiger partial charge < -0.3 is 0 Å². The van der Waals surface area contributed by atoms with Crippen LogP contribution < -0.4 is 0 Å². The summed E-state index contributed by atoms with van der Waals surface area (Å²) in [5.41, 5.74) is 0. The molecule has 0 fully saturated rings. The smallest absolute Gasteiger partial charge is 0.0363 e. The van der Waals surface area contributed by atoms with Crippen LogP contribution in [0.2, 0.25) is 0 Å². The molecule has 0 radical (unpaired) electrons. The number of unbranched alkanes of at least 4 members (excludes halogenated alkanes) is 1. The van der Waals surface area contributed by atoms with Gasteiger partial charge in [0.05, 0.1) is 0 Å². The summed E-state index contributed by atoms with van der Waals surface area (Å²) < 4.78 is 0. The summed E-state index contributed by atoms with van der Waals surface area (Å²) in [5.74, 6) is 2.91. The summed E-state index contributed by atoms with van der Waals surface area (Å²) in [6.07, 6.45) is 11.2. The first-order valence-electron chi connectivity index (χ1n) is 7.71. The van der Waals surface area contributed by atoms with Crippen LogP contribution in [0.1, 0.15) is 86.0 Å². The molecule has 0 saturated heterocycles. The van der Waals surface area contributed by atoms with Crippen LogP contribution in [-0.4, -0.2) is 0 Å². The van der Waals surface area contributed by atoms with Crippen LogP contribution in [0, 0.1) is 17.8 Å². The maximum atomic E-state index is 2.48. The van der Waals surface area contributed by atoms with Crippen molar-refractivity contribution < 1.29 is 0 Å². The van der Waals surface area contributed by atoms with E-state index in [0.29, 0.717) is 0 Å². The molecule has 0 aliphatic carbocycles. The standard InChI is InChI=1S/C16H34/c1-6-10-13-15(12-8-3)16(9-4)14(5)11-7-2/h14-16H,6-13H2,1-5H3. The van der Waals surface area contributed by atoms with Crippen molar-refractivity contribution >= 4 is 0 Å². The zero-order valence-electron chi connectivity index (χ0n) is 12.4. The highest BCUT2D eigenvalue weighted by atomic mass is 14.3. The molecule has 0 bridgehead atoms. The fourth-order valence-corrected chi connectivity index (χ4v) is 3.28. The molecule has 0 aliphatic rings. The van der Waals surface area contributed by atoms with Gasteiger partial charge in [-0.3, -0.25) is 0 Å². The predicted molar refractivity (Wildman–Crippen MR) is 75.8 cm³/mol. The summed E-state index contributed by atoms with van der Waals surface area (Å²) in [6.45, 7) is 11.9. The zero-order valence-corrected chi connectivity index (χ0v) is 12.4. The monoisotopic (exact) mass is 226 g/mol. The molecular weight excluding hydrogens is 192 g/mol. The lowest BCUT2D eigenvalue weighted by Crippen LogP contribution is -2.21. The number of rotatable bonds is 10. The summed E-state index contributed by atoms with van der Waals surface area (Å²) >= 11 is 0.